The maximum absolute atomic E-state index is 13.7. The number of nitrogens with one attached hydrogen (secondary N) is 1. The molecule has 0 bridgehead atoms. The van der Waals surface area contributed by atoms with Gasteiger partial charge < -0.3 is 15.3 Å². The van der Waals surface area contributed by atoms with Gasteiger partial charge in [0, 0.05) is 17.7 Å². The van der Waals surface area contributed by atoms with Gasteiger partial charge in [-0.1, -0.05) is 12.5 Å². The Morgan fingerprint density at radius 3 is 2.75 bits per heavy atom. The van der Waals surface area contributed by atoms with E-state index in [1.165, 1.54) is 44.5 Å². The molecule has 112 valence electrons. The summed E-state index contributed by atoms with van der Waals surface area (Å²) in [6.45, 7) is 6.41. The molecule has 0 aromatic heterocycles. The number of hydrogen-bond donors (Lipinski definition) is 2. The van der Waals surface area contributed by atoms with Crippen LogP contribution in [0.3, 0.4) is 0 Å². The molecule has 0 saturated carbocycles. The van der Waals surface area contributed by atoms with Gasteiger partial charge in [-0.15, -0.1) is 0 Å². The third-order valence-electron chi connectivity index (χ3n) is 4.00. The molecule has 20 heavy (non-hydrogen) atoms. The van der Waals surface area contributed by atoms with E-state index in [-0.39, 0.29) is 17.6 Å². The molecule has 1 heterocycles. The van der Waals surface area contributed by atoms with Crippen LogP contribution in [-0.2, 0) is 0 Å². The number of hydrogen-bond acceptors (Lipinski definition) is 3. The smallest absolute Gasteiger partial charge is 0.131 e. The maximum atomic E-state index is 13.7. The Bertz CT molecular complexity index is 419. The lowest BCUT2D eigenvalue weighted by Crippen LogP contribution is -2.32. The van der Waals surface area contributed by atoms with Crippen molar-refractivity contribution < 1.29 is 9.50 Å². The Morgan fingerprint density at radius 1 is 1.30 bits per heavy atom. The lowest BCUT2D eigenvalue weighted by Gasteiger charge is -2.26. The standard InChI is InChI=1S/C16H25FN2O/c1-13(15-7-6-14(20)12-16(15)17)18-8-5-11-19-9-3-2-4-10-19/h6-7,12-13,18,20H,2-5,8-11H2,1H3. The Balaban J connectivity index is 1.70. The fourth-order valence-corrected chi connectivity index (χ4v) is 2.78. The maximum Gasteiger partial charge on any atom is 0.131 e. The van der Waals surface area contributed by atoms with Crippen molar-refractivity contribution >= 4 is 0 Å². The first-order valence-electron chi connectivity index (χ1n) is 7.61. The fourth-order valence-electron chi connectivity index (χ4n) is 2.78. The van der Waals surface area contributed by atoms with E-state index in [2.05, 4.69) is 10.2 Å². The third kappa shape index (κ3) is 4.46. The van der Waals surface area contributed by atoms with Crippen LogP contribution in [0.5, 0.6) is 5.75 Å². The largest absolute Gasteiger partial charge is 0.508 e. The Kier molecular flexibility index (Phi) is 5.80. The molecule has 0 spiro atoms. The summed E-state index contributed by atoms with van der Waals surface area (Å²) in [5.74, 6) is -0.371. The molecule has 1 aliphatic rings. The number of likely N-dealkylation sites (tertiary alicyclic amines) is 1. The van der Waals surface area contributed by atoms with Crippen LogP contribution < -0.4 is 5.32 Å². The molecule has 1 saturated heterocycles. The van der Waals surface area contributed by atoms with E-state index in [9.17, 15) is 9.50 Å². The van der Waals surface area contributed by atoms with E-state index in [1.54, 1.807) is 6.07 Å². The molecule has 1 aromatic carbocycles. The lowest BCUT2D eigenvalue weighted by atomic mass is 10.1. The molecule has 0 aliphatic carbocycles. The average Bonchev–Trinajstić information content (AvgIpc) is 2.44. The third-order valence-corrected chi connectivity index (χ3v) is 4.00. The minimum atomic E-state index is -0.346. The molecule has 1 atom stereocenters. The quantitative estimate of drug-likeness (QED) is 0.786. The van der Waals surface area contributed by atoms with Crippen molar-refractivity contribution in [3.05, 3.63) is 29.6 Å². The predicted molar refractivity (Wildman–Crippen MR) is 79.4 cm³/mol. The van der Waals surface area contributed by atoms with Crippen LogP contribution in [0.2, 0.25) is 0 Å². The summed E-state index contributed by atoms with van der Waals surface area (Å²) in [7, 11) is 0. The fraction of sp³-hybridized carbons (Fsp3) is 0.625. The number of phenols is 1. The highest BCUT2D eigenvalue weighted by Gasteiger charge is 2.12. The molecule has 1 aliphatic heterocycles. The SMILES string of the molecule is CC(NCCCN1CCCCC1)c1ccc(O)cc1F. The minimum absolute atomic E-state index is 0.0245. The predicted octanol–water partition coefficient (Wildman–Crippen LogP) is 3.06. The van der Waals surface area contributed by atoms with Crippen LogP contribution in [0.15, 0.2) is 18.2 Å². The van der Waals surface area contributed by atoms with Crippen LogP contribution >= 0.6 is 0 Å². The van der Waals surface area contributed by atoms with Crippen molar-refractivity contribution in [3.8, 4) is 5.75 Å². The normalized spacial score (nSPS) is 18.1. The van der Waals surface area contributed by atoms with Crippen LogP contribution in [0.25, 0.3) is 0 Å². The molecular formula is C16H25FN2O. The van der Waals surface area contributed by atoms with Crippen molar-refractivity contribution in [2.24, 2.45) is 0 Å². The Hall–Kier alpha value is -1.13. The molecule has 1 aromatic rings. The van der Waals surface area contributed by atoms with E-state index in [0.717, 1.165) is 19.5 Å². The van der Waals surface area contributed by atoms with Gasteiger partial charge in [0.05, 0.1) is 0 Å². The van der Waals surface area contributed by atoms with Crippen molar-refractivity contribution in [1.82, 2.24) is 10.2 Å². The zero-order valence-corrected chi connectivity index (χ0v) is 12.2. The number of benzene rings is 1. The average molecular weight is 280 g/mol. The van der Waals surface area contributed by atoms with E-state index in [4.69, 9.17) is 0 Å². The van der Waals surface area contributed by atoms with E-state index < -0.39 is 0 Å². The van der Waals surface area contributed by atoms with Crippen molar-refractivity contribution in [2.45, 2.75) is 38.6 Å². The summed E-state index contributed by atoms with van der Waals surface area (Å²) >= 11 is 0. The van der Waals surface area contributed by atoms with Crippen LogP contribution in [-0.4, -0.2) is 36.2 Å². The monoisotopic (exact) mass is 280 g/mol. The highest BCUT2D eigenvalue weighted by Crippen LogP contribution is 2.20. The second-order valence-electron chi connectivity index (χ2n) is 5.64. The van der Waals surface area contributed by atoms with Crippen LogP contribution in [0.1, 0.15) is 44.2 Å². The molecule has 1 unspecified atom stereocenters. The Labute approximate surface area is 120 Å². The number of halogens is 1. The molecule has 1 fully saturated rings. The van der Waals surface area contributed by atoms with Crippen LogP contribution in [0.4, 0.5) is 4.39 Å². The lowest BCUT2D eigenvalue weighted by molar-refractivity contribution is 0.225. The van der Waals surface area contributed by atoms with Gasteiger partial charge in [0.2, 0.25) is 0 Å². The van der Waals surface area contributed by atoms with E-state index >= 15 is 0 Å². The summed E-state index contributed by atoms with van der Waals surface area (Å²) < 4.78 is 13.7. The van der Waals surface area contributed by atoms with E-state index in [1.807, 2.05) is 6.92 Å². The summed E-state index contributed by atoms with van der Waals surface area (Å²) in [5, 5.41) is 12.6. The summed E-state index contributed by atoms with van der Waals surface area (Å²) in [6.07, 6.45) is 5.10. The first-order chi connectivity index (χ1) is 9.66. The summed E-state index contributed by atoms with van der Waals surface area (Å²) in [5.41, 5.74) is 0.612. The molecule has 2 rings (SSSR count). The van der Waals surface area contributed by atoms with Gasteiger partial charge in [0.1, 0.15) is 11.6 Å². The first-order valence-corrected chi connectivity index (χ1v) is 7.61. The highest BCUT2D eigenvalue weighted by molar-refractivity contribution is 5.29. The number of aromatic hydroxyl groups is 1. The summed E-state index contributed by atoms with van der Waals surface area (Å²) in [4.78, 5) is 2.51. The van der Waals surface area contributed by atoms with Gasteiger partial charge in [-0.3, -0.25) is 0 Å². The van der Waals surface area contributed by atoms with Crippen molar-refractivity contribution in [2.75, 3.05) is 26.2 Å². The first kappa shape index (κ1) is 15.3. The van der Waals surface area contributed by atoms with Gasteiger partial charge in [0.15, 0.2) is 0 Å². The molecule has 0 radical (unpaired) electrons. The van der Waals surface area contributed by atoms with Gasteiger partial charge in [0.25, 0.3) is 0 Å². The van der Waals surface area contributed by atoms with Gasteiger partial charge in [-0.05, 0) is 58.4 Å². The molecule has 0 amide bonds. The van der Waals surface area contributed by atoms with Crippen molar-refractivity contribution in [3.63, 3.8) is 0 Å². The second-order valence-corrected chi connectivity index (χ2v) is 5.64. The number of piperidine rings is 1. The Morgan fingerprint density at radius 2 is 2.05 bits per heavy atom. The summed E-state index contributed by atoms with van der Waals surface area (Å²) in [6, 6.07) is 4.32. The van der Waals surface area contributed by atoms with Gasteiger partial charge in [-0.2, -0.15) is 0 Å². The highest BCUT2D eigenvalue weighted by atomic mass is 19.1. The molecule has 3 nitrogen and oxygen atoms in total. The van der Waals surface area contributed by atoms with Crippen molar-refractivity contribution in [1.29, 1.82) is 0 Å². The molecule has 2 N–H and O–H groups in total. The molecule has 4 heteroatoms. The second kappa shape index (κ2) is 7.60. The zero-order chi connectivity index (χ0) is 14.4. The number of nitrogens with zero attached hydrogens (tertiary/aromatic N) is 1. The zero-order valence-electron chi connectivity index (χ0n) is 12.2. The minimum Gasteiger partial charge on any atom is -0.508 e. The van der Waals surface area contributed by atoms with E-state index in [0.29, 0.717) is 5.56 Å². The topological polar surface area (TPSA) is 35.5 Å². The van der Waals surface area contributed by atoms with Gasteiger partial charge in [-0.25, -0.2) is 4.39 Å². The number of phenolic OH excluding ortho intramolecular Hbond substituents is 1. The van der Waals surface area contributed by atoms with Crippen LogP contribution in [0, 0.1) is 5.82 Å². The van der Waals surface area contributed by atoms with Gasteiger partial charge >= 0.3 is 0 Å². The number of rotatable bonds is 6. The molecular weight excluding hydrogens is 255 g/mol.